The summed E-state index contributed by atoms with van der Waals surface area (Å²) in [5, 5.41) is 8.18. The molecule has 0 aromatic carbocycles. The molecule has 108 valence electrons. The highest BCUT2D eigenvalue weighted by Gasteiger charge is 2.18. The van der Waals surface area contributed by atoms with Gasteiger partial charge in [-0.05, 0) is 31.5 Å². The van der Waals surface area contributed by atoms with Gasteiger partial charge in [-0.15, -0.1) is 0 Å². The number of aromatic nitrogens is 3. The molecule has 2 aromatic heterocycles. The summed E-state index contributed by atoms with van der Waals surface area (Å²) < 4.78 is 1.91. The maximum atomic E-state index is 4.56. The van der Waals surface area contributed by atoms with Crippen LogP contribution >= 0.6 is 0 Å². The SMILES string of the molecule is CCCNC(Cc1ccccn1)c1cn(C)nc1CC. The molecule has 4 heteroatoms. The molecular formula is C16H24N4. The standard InChI is InChI=1S/C16H24N4/c1-4-9-18-16(11-13-8-6-7-10-17-13)14-12-20(3)19-15(14)5-2/h6-8,10,12,16,18H,4-5,9,11H2,1-3H3. The molecule has 2 aromatic rings. The molecule has 0 aliphatic heterocycles. The average molecular weight is 272 g/mol. The van der Waals surface area contributed by atoms with Crippen molar-refractivity contribution < 1.29 is 0 Å². The molecule has 20 heavy (non-hydrogen) atoms. The van der Waals surface area contributed by atoms with Gasteiger partial charge >= 0.3 is 0 Å². The van der Waals surface area contributed by atoms with Gasteiger partial charge < -0.3 is 5.32 Å². The van der Waals surface area contributed by atoms with Crippen LogP contribution in [-0.2, 0) is 19.9 Å². The Hall–Kier alpha value is -1.68. The predicted molar refractivity (Wildman–Crippen MR) is 81.6 cm³/mol. The van der Waals surface area contributed by atoms with Crippen molar-refractivity contribution in [2.24, 2.45) is 7.05 Å². The van der Waals surface area contributed by atoms with E-state index in [0.717, 1.165) is 31.5 Å². The van der Waals surface area contributed by atoms with E-state index in [1.807, 2.05) is 30.1 Å². The van der Waals surface area contributed by atoms with Gasteiger partial charge in [-0.25, -0.2) is 0 Å². The van der Waals surface area contributed by atoms with E-state index in [9.17, 15) is 0 Å². The Labute approximate surface area is 121 Å². The normalized spacial score (nSPS) is 12.6. The van der Waals surface area contributed by atoms with E-state index in [0.29, 0.717) is 0 Å². The van der Waals surface area contributed by atoms with Crippen LogP contribution in [0.1, 0.15) is 43.3 Å². The first kappa shape index (κ1) is 14.7. The smallest absolute Gasteiger partial charge is 0.0669 e. The molecule has 2 rings (SSSR count). The third-order valence-corrected chi connectivity index (χ3v) is 3.43. The fourth-order valence-corrected chi connectivity index (χ4v) is 2.46. The lowest BCUT2D eigenvalue weighted by atomic mass is 10.0. The van der Waals surface area contributed by atoms with Crippen molar-refractivity contribution in [1.29, 1.82) is 0 Å². The number of pyridine rings is 1. The molecule has 0 spiro atoms. The van der Waals surface area contributed by atoms with Crippen LogP contribution in [0.25, 0.3) is 0 Å². The van der Waals surface area contributed by atoms with Gasteiger partial charge in [0.15, 0.2) is 0 Å². The van der Waals surface area contributed by atoms with E-state index in [2.05, 4.69) is 41.5 Å². The van der Waals surface area contributed by atoms with E-state index in [-0.39, 0.29) is 6.04 Å². The number of nitrogens with one attached hydrogen (secondary N) is 1. The van der Waals surface area contributed by atoms with Crippen LogP contribution in [0.3, 0.4) is 0 Å². The quantitative estimate of drug-likeness (QED) is 0.842. The van der Waals surface area contributed by atoms with Gasteiger partial charge in [0, 0.05) is 43.2 Å². The van der Waals surface area contributed by atoms with E-state index < -0.39 is 0 Å². The van der Waals surface area contributed by atoms with Crippen LogP contribution in [0.4, 0.5) is 0 Å². The van der Waals surface area contributed by atoms with Crippen LogP contribution in [-0.4, -0.2) is 21.3 Å². The van der Waals surface area contributed by atoms with Crippen molar-refractivity contribution in [1.82, 2.24) is 20.1 Å². The van der Waals surface area contributed by atoms with Crippen LogP contribution in [0.5, 0.6) is 0 Å². The molecule has 2 heterocycles. The highest BCUT2D eigenvalue weighted by molar-refractivity contribution is 5.23. The molecule has 0 amide bonds. The van der Waals surface area contributed by atoms with Crippen molar-refractivity contribution >= 4 is 0 Å². The van der Waals surface area contributed by atoms with Crippen LogP contribution < -0.4 is 5.32 Å². The highest BCUT2D eigenvalue weighted by atomic mass is 15.3. The summed E-state index contributed by atoms with van der Waals surface area (Å²) in [5.74, 6) is 0. The van der Waals surface area contributed by atoms with Gasteiger partial charge in [0.05, 0.1) is 5.69 Å². The minimum atomic E-state index is 0.286. The topological polar surface area (TPSA) is 42.7 Å². The van der Waals surface area contributed by atoms with Crippen molar-refractivity contribution in [3.63, 3.8) is 0 Å². The Morgan fingerprint density at radius 1 is 1.30 bits per heavy atom. The lowest BCUT2D eigenvalue weighted by Gasteiger charge is -2.18. The third-order valence-electron chi connectivity index (χ3n) is 3.43. The van der Waals surface area contributed by atoms with Crippen molar-refractivity contribution in [3.8, 4) is 0 Å². The molecule has 0 aliphatic carbocycles. The first-order valence-corrected chi connectivity index (χ1v) is 7.40. The molecule has 4 nitrogen and oxygen atoms in total. The number of hydrogen-bond acceptors (Lipinski definition) is 3. The summed E-state index contributed by atoms with van der Waals surface area (Å²) in [6.45, 7) is 5.35. The Balaban J connectivity index is 2.22. The van der Waals surface area contributed by atoms with Gasteiger partial charge in [-0.2, -0.15) is 5.10 Å². The van der Waals surface area contributed by atoms with Gasteiger partial charge in [-0.1, -0.05) is 19.9 Å². The second kappa shape index (κ2) is 7.20. The summed E-state index contributed by atoms with van der Waals surface area (Å²) in [6, 6.07) is 6.37. The average Bonchev–Trinajstić information content (AvgIpc) is 2.85. The Kier molecular flexibility index (Phi) is 5.30. The lowest BCUT2D eigenvalue weighted by Crippen LogP contribution is -2.25. The van der Waals surface area contributed by atoms with Gasteiger partial charge in [0.25, 0.3) is 0 Å². The minimum Gasteiger partial charge on any atom is -0.309 e. The van der Waals surface area contributed by atoms with Gasteiger partial charge in [-0.3, -0.25) is 9.67 Å². The summed E-state index contributed by atoms with van der Waals surface area (Å²) >= 11 is 0. The number of hydrogen-bond donors (Lipinski definition) is 1. The van der Waals surface area contributed by atoms with Crippen LogP contribution in [0.2, 0.25) is 0 Å². The maximum absolute atomic E-state index is 4.56. The molecule has 1 atom stereocenters. The first-order chi connectivity index (χ1) is 9.74. The largest absolute Gasteiger partial charge is 0.309 e. The molecule has 0 fully saturated rings. The fraction of sp³-hybridized carbons (Fsp3) is 0.500. The molecular weight excluding hydrogens is 248 g/mol. The molecule has 0 saturated carbocycles. The Bertz CT molecular complexity index is 519. The Morgan fingerprint density at radius 2 is 2.15 bits per heavy atom. The van der Waals surface area contributed by atoms with E-state index in [1.165, 1.54) is 11.3 Å². The maximum Gasteiger partial charge on any atom is 0.0669 e. The summed E-state index contributed by atoms with van der Waals surface area (Å²) in [7, 11) is 1.99. The zero-order valence-corrected chi connectivity index (χ0v) is 12.6. The van der Waals surface area contributed by atoms with E-state index in [1.54, 1.807) is 0 Å². The molecule has 0 radical (unpaired) electrons. The molecule has 0 aliphatic rings. The summed E-state index contributed by atoms with van der Waals surface area (Å²) in [5.41, 5.74) is 3.60. The number of aryl methyl sites for hydroxylation is 2. The Morgan fingerprint density at radius 3 is 2.80 bits per heavy atom. The number of rotatable bonds is 7. The minimum absolute atomic E-state index is 0.286. The van der Waals surface area contributed by atoms with E-state index in [4.69, 9.17) is 0 Å². The third kappa shape index (κ3) is 3.67. The summed E-state index contributed by atoms with van der Waals surface area (Å²) in [4.78, 5) is 4.45. The van der Waals surface area contributed by atoms with Crippen LogP contribution in [0, 0.1) is 0 Å². The van der Waals surface area contributed by atoms with Crippen molar-refractivity contribution in [2.45, 2.75) is 39.2 Å². The predicted octanol–water partition coefficient (Wildman–Crippen LogP) is 2.66. The fourth-order valence-electron chi connectivity index (χ4n) is 2.46. The number of nitrogens with zero attached hydrogens (tertiary/aromatic N) is 3. The second-order valence-electron chi connectivity index (χ2n) is 5.09. The van der Waals surface area contributed by atoms with Crippen molar-refractivity contribution in [2.75, 3.05) is 6.54 Å². The molecule has 1 unspecified atom stereocenters. The molecule has 0 bridgehead atoms. The van der Waals surface area contributed by atoms with Crippen molar-refractivity contribution in [3.05, 3.63) is 47.5 Å². The van der Waals surface area contributed by atoms with Gasteiger partial charge in [0.2, 0.25) is 0 Å². The molecule has 0 saturated heterocycles. The first-order valence-electron chi connectivity index (χ1n) is 7.40. The van der Waals surface area contributed by atoms with Crippen LogP contribution in [0.15, 0.2) is 30.6 Å². The van der Waals surface area contributed by atoms with E-state index >= 15 is 0 Å². The summed E-state index contributed by atoms with van der Waals surface area (Å²) in [6.07, 6.45) is 6.98. The lowest BCUT2D eigenvalue weighted by molar-refractivity contribution is 0.521. The molecule has 1 N–H and O–H groups in total. The highest BCUT2D eigenvalue weighted by Crippen LogP contribution is 2.21. The monoisotopic (exact) mass is 272 g/mol. The zero-order valence-electron chi connectivity index (χ0n) is 12.6. The van der Waals surface area contributed by atoms with Gasteiger partial charge in [0.1, 0.15) is 0 Å². The zero-order chi connectivity index (χ0) is 14.4. The second-order valence-corrected chi connectivity index (χ2v) is 5.09.